The SMILES string of the molecule is CC(=O)c1c(O)c(C)nc2ccc(P(C)(F)(F)F)cc12. The molecule has 7 heteroatoms. The van der Waals surface area contributed by atoms with Crippen LogP contribution < -0.4 is 5.30 Å². The third kappa shape index (κ3) is 2.48. The predicted octanol–water partition coefficient (Wildman–Crippen LogP) is 3.91. The Hall–Kier alpha value is -1.68. The molecule has 0 aliphatic rings. The first-order valence-corrected chi connectivity index (χ1v) is 8.15. The van der Waals surface area contributed by atoms with Crippen LogP contribution in [0.3, 0.4) is 0 Å². The number of pyridine rings is 1. The second-order valence-electron chi connectivity index (χ2n) is 4.85. The van der Waals surface area contributed by atoms with E-state index in [0.717, 1.165) is 12.1 Å². The van der Waals surface area contributed by atoms with Crippen molar-refractivity contribution in [1.29, 1.82) is 0 Å². The van der Waals surface area contributed by atoms with E-state index >= 15 is 0 Å². The Kier molecular flexibility index (Phi) is 3.06. The number of aromatic nitrogens is 1. The standard InChI is InChI=1S/C13H13F3NO2P/c1-7-13(19)12(8(2)18)10-6-9(20(3,14,15)16)4-5-11(10)17-7/h4-6,19H,1-3H3. The van der Waals surface area contributed by atoms with Gasteiger partial charge in [-0.15, -0.1) is 0 Å². The molecule has 0 radical (unpaired) electrons. The number of carbonyl (C=O) groups excluding carboxylic acids is 1. The predicted molar refractivity (Wildman–Crippen MR) is 74.0 cm³/mol. The zero-order valence-electron chi connectivity index (χ0n) is 11.1. The molecular weight excluding hydrogens is 290 g/mol. The molecule has 108 valence electrons. The molecule has 0 saturated carbocycles. The van der Waals surface area contributed by atoms with Crippen molar-refractivity contribution in [2.45, 2.75) is 13.8 Å². The molecule has 0 atom stereocenters. The molecule has 0 unspecified atom stereocenters. The fourth-order valence-corrected chi connectivity index (χ4v) is 2.81. The minimum atomic E-state index is -6.43. The van der Waals surface area contributed by atoms with Gasteiger partial charge in [-0.25, -0.2) is 0 Å². The normalized spacial score (nSPS) is 14.0. The first-order valence-electron chi connectivity index (χ1n) is 5.79. The summed E-state index contributed by atoms with van der Waals surface area (Å²) in [5, 5.41) is 9.13. The van der Waals surface area contributed by atoms with Crippen molar-refractivity contribution in [2.75, 3.05) is 6.66 Å². The number of fused-ring (bicyclic) bond motifs is 1. The zero-order chi connectivity index (χ0) is 15.3. The van der Waals surface area contributed by atoms with E-state index in [2.05, 4.69) is 4.98 Å². The van der Waals surface area contributed by atoms with Crippen molar-refractivity contribution in [3.8, 4) is 5.75 Å². The Balaban J connectivity index is 2.91. The van der Waals surface area contributed by atoms with Crippen LogP contribution in [0.1, 0.15) is 23.0 Å². The van der Waals surface area contributed by atoms with E-state index in [1.807, 2.05) is 0 Å². The number of ketones is 1. The van der Waals surface area contributed by atoms with Crippen LogP contribution in [0.25, 0.3) is 10.9 Å². The molecule has 0 aliphatic heterocycles. The van der Waals surface area contributed by atoms with Gasteiger partial charge in [-0.05, 0) is 0 Å². The van der Waals surface area contributed by atoms with Crippen LogP contribution >= 0.6 is 7.54 Å². The Labute approximate surface area is 113 Å². The molecule has 0 amide bonds. The molecule has 2 aromatic rings. The Morgan fingerprint density at radius 1 is 1.30 bits per heavy atom. The average molecular weight is 303 g/mol. The molecule has 0 fully saturated rings. The molecule has 20 heavy (non-hydrogen) atoms. The van der Waals surface area contributed by atoms with Crippen LogP contribution in [-0.2, 0) is 0 Å². The van der Waals surface area contributed by atoms with Gasteiger partial charge in [-0.2, -0.15) is 0 Å². The minimum absolute atomic E-state index is 0.0295. The van der Waals surface area contributed by atoms with E-state index in [4.69, 9.17) is 0 Å². The number of carbonyl (C=O) groups is 1. The number of hydrogen-bond donors (Lipinski definition) is 1. The molecule has 0 spiro atoms. The number of halogens is 3. The molecule has 1 N–H and O–H groups in total. The number of aromatic hydroxyl groups is 1. The fraction of sp³-hybridized carbons (Fsp3) is 0.231. The van der Waals surface area contributed by atoms with Gasteiger partial charge < -0.3 is 0 Å². The van der Waals surface area contributed by atoms with Crippen LogP contribution in [0.5, 0.6) is 5.75 Å². The van der Waals surface area contributed by atoms with Crippen molar-refractivity contribution in [1.82, 2.24) is 4.98 Å². The molecule has 0 saturated heterocycles. The van der Waals surface area contributed by atoms with Crippen molar-refractivity contribution in [2.24, 2.45) is 0 Å². The molecule has 0 aliphatic carbocycles. The monoisotopic (exact) mass is 303 g/mol. The van der Waals surface area contributed by atoms with Crippen LogP contribution in [0, 0.1) is 6.92 Å². The number of hydrogen-bond acceptors (Lipinski definition) is 3. The van der Waals surface area contributed by atoms with Crippen molar-refractivity contribution in [3.63, 3.8) is 0 Å². The van der Waals surface area contributed by atoms with E-state index in [1.165, 1.54) is 19.9 Å². The number of aryl methyl sites for hydroxylation is 1. The molecule has 2 rings (SSSR count). The second-order valence-corrected chi connectivity index (χ2v) is 7.72. The van der Waals surface area contributed by atoms with Gasteiger partial charge in [-0.1, -0.05) is 0 Å². The van der Waals surface area contributed by atoms with Crippen molar-refractivity contribution in [3.05, 3.63) is 29.5 Å². The van der Waals surface area contributed by atoms with Gasteiger partial charge in [0.15, 0.2) is 0 Å². The van der Waals surface area contributed by atoms with Crippen LogP contribution in [-0.4, -0.2) is 22.5 Å². The maximum absolute atomic E-state index is 13.5. The maximum atomic E-state index is 13.5. The van der Waals surface area contributed by atoms with E-state index in [9.17, 15) is 22.5 Å². The summed E-state index contributed by atoms with van der Waals surface area (Å²) < 4.78 is 40.4. The number of rotatable bonds is 2. The molecule has 0 bridgehead atoms. The number of nitrogens with zero attached hydrogens (tertiary/aromatic N) is 1. The summed E-state index contributed by atoms with van der Waals surface area (Å²) in [4.78, 5) is 15.6. The molecule has 1 heterocycles. The van der Waals surface area contributed by atoms with Crippen molar-refractivity contribution < 1.29 is 22.5 Å². The van der Waals surface area contributed by atoms with Crippen LogP contribution in [0.15, 0.2) is 18.2 Å². The van der Waals surface area contributed by atoms with Crippen molar-refractivity contribution >= 4 is 29.5 Å². The van der Waals surface area contributed by atoms with Gasteiger partial charge in [0.05, 0.1) is 0 Å². The van der Waals surface area contributed by atoms with Gasteiger partial charge in [-0.3, -0.25) is 0 Å². The number of Topliss-reactive ketones (excluding diaryl/α,β-unsaturated/α-hetero) is 1. The fourth-order valence-electron chi connectivity index (χ4n) is 2.02. The first-order chi connectivity index (χ1) is 8.97. The molecular formula is C13H13F3NO2P. The quantitative estimate of drug-likeness (QED) is 0.676. The van der Waals surface area contributed by atoms with Gasteiger partial charge >= 0.3 is 113 Å². The van der Waals surface area contributed by atoms with Crippen LogP contribution in [0.2, 0.25) is 0 Å². The summed E-state index contributed by atoms with van der Waals surface area (Å²) in [5.74, 6) is -0.863. The summed E-state index contributed by atoms with van der Waals surface area (Å²) in [6.07, 6.45) is 0. The first kappa shape index (κ1) is 14.7. The summed E-state index contributed by atoms with van der Waals surface area (Å²) in [7, 11) is -6.43. The summed E-state index contributed by atoms with van der Waals surface area (Å²) in [6.45, 7) is 2.96. The Morgan fingerprint density at radius 3 is 2.40 bits per heavy atom. The van der Waals surface area contributed by atoms with E-state index in [1.54, 1.807) is 0 Å². The zero-order valence-corrected chi connectivity index (χ0v) is 12.0. The van der Waals surface area contributed by atoms with Crippen LogP contribution in [0.4, 0.5) is 12.6 Å². The summed E-state index contributed by atoms with van der Waals surface area (Å²) in [5.41, 5.74) is 0.356. The topological polar surface area (TPSA) is 50.2 Å². The molecule has 1 aromatic carbocycles. The Morgan fingerprint density at radius 2 is 1.90 bits per heavy atom. The van der Waals surface area contributed by atoms with E-state index in [-0.39, 0.29) is 34.6 Å². The average Bonchev–Trinajstić information content (AvgIpc) is 2.27. The second kappa shape index (κ2) is 4.16. The van der Waals surface area contributed by atoms with E-state index < -0.39 is 18.6 Å². The Bertz CT molecular complexity index is 728. The molecule has 1 aromatic heterocycles. The van der Waals surface area contributed by atoms with Gasteiger partial charge in [0.1, 0.15) is 0 Å². The van der Waals surface area contributed by atoms with Gasteiger partial charge in [0.2, 0.25) is 0 Å². The van der Waals surface area contributed by atoms with Gasteiger partial charge in [0.25, 0.3) is 0 Å². The van der Waals surface area contributed by atoms with Gasteiger partial charge in [0, 0.05) is 0 Å². The van der Waals surface area contributed by atoms with E-state index in [0.29, 0.717) is 0 Å². The third-order valence-electron chi connectivity index (χ3n) is 3.02. The number of benzene rings is 1. The summed E-state index contributed by atoms with van der Waals surface area (Å²) in [6, 6.07) is 3.09. The third-order valence-corrected chi connectivity index (χ3v) is 4.40. The summed E-state index contributed by atoms with van der Waals surface area (Å²) >= 11 is 0. The molecule has 3 nitrogen and oxygen atoms in total.